The molecule has 1 spiro atoms. The second kappa shape index (κ2) is 4.71. The van der Waals surface area contributed by atoms with Gasteiger partial charge in [0.15, 0.2) is 6.79 Å². The van der Waals surface area contributed by atoms with E-state index in [0.29, 0.717) is 11.3 Å². The molecule has 0 bridgehead atoms. The predicted octanol–water partition coefficient (Wildman–Crippen LogP) is 3.17. The van der Waals surface area contributed by atoms with Gasteiger partial charge in [-0.25, -0.2) is 0 Å². The van der Waals surface area contributed by atoms with E-state index in [-0.39, 0.29) is 6.79 Å². The number of hydrogen-bond donors (Lipinski definition) is 0. The molecule has 1 aromatic rings. The summed E-state index contributed by atoms with van der Waals surface area (Å²) in [7, 11) is 1.62. The van der Waals surface area contributed by atoms with Crippen LogP contribution in [0.1, 0.15) is 29.9 Å². The summed E-state index contributed by atoms with van der Waals surface area (Å²) in [6, 6.07) is 8.36. The van der Waals surface area contributed by atoms with E-state index in [4.69, 9.17) is 14.7 Å². The van der Waals surface area contributed by atoms with Crippen molar-refractivity contribution in [2.75, 3.05) is 13.9 Å². The van der Waals surface area contributed by atoms with Crippen molar-refractivity contribution in [3.8, 4) is 11.8 Å². The number of methoxy groups -OCH3 is 1. The zero-order valence-electron chi connectivity index (χ0n) is 11.1. The van der Waals surface area contributed by atoms with E-state index in [2.05, 4.69) is 24.3 Å². The van der Waals surface area contributed by atoms with Gasteiger partial charge in [0.05, 0.1) is 6.07 Å². The fourth-order valence-electron chi connectivity index (χ4n) is 3.17. The number of nitriles is 1. The Morgan fingerprint density at radius 1 is 1.47 bits per heavy atom. The number of benzene rings is 1. The minimum Gasteiger partial charge on any atom is -0.468 e. The third-order valence-electron chi connectivity index (χ3n) is 4.25. The second-order valence-corrected chi connectivity index (χ2v) is 5.42. The molecule has 0 N–H and O–H groups in total. The Labute approximate surface area is 113 Å². The van der Waals surface area contributed by atoms with E-state index >= 15 is 0 Å². The lowest BCUT2D eigenvalue weighted by atomic mass is 9.89. The lowest BCUT2D eigenvalue weighted by Crippen LogP contribution is -2.05. The molecule has 1 saturated carbocycles. The second-order valence-electron chi connectivity index (χ2n) is 5.42. The van der Waals surface area contributed by atoms with Crippen LogP contribution in [-0.2, 0) is 11.2 Å². The number of ether oxygens (including phenoxy) is 2. The van der Waals surface area contributed by atoms with Crippen LogP contribution in [-0.4, -0.2) is 13.9 Å². The minimum absolute atomic E-state index is 0.279. The molecule has 19 heavy (non-hydrogen) atoms. The summed E-state index contributed by atoms with van der Waals surface area (Å²) >= 11 is 0. The Kier molecular flexibility index (Phi) is 3.04. The summed E-state index contributed by atoms with van der Waals surface area (Å²) in [6.07, 6.45) is 7.31. The van der Waals surface area contributed by atoms with Gasteiger partial charge >= 0.3 is 0 Å². The standard InChI is InChI=1S/C16H17NO2/c1-18-11-19-13-4-5-14-12(9-13)10-16(6-7-16)15(14)3-2-8-17/h2-5,9,15H,6-7,10-11H2,1H3/b3-2-. The van der Waals surface area contributed by atoms with Gasteiger partial charge in [0.2, 0.25) is 0 Å². The van der Waals surface area contributed by atoms with Gasteiger partial charge in [-0.1, -0.05) is 12.1 Å². The highest BCUT2D eigenvalue weighted by molar-refractivity contribution is 5.47. The molecule has 2 aliphatic rings. The Morgan fingerprint density at radius 3 is 3.00 bits per heavy atom. The number of fused-ring (bicyclic) bond motifs is 1. The SMILES string of the molecule is COCOc1ccc2c(c1)CC1(CC1)C2/C=C\C#N. The smallest absolute Gasteiger partial charge is 0.188 e. The van der Waals surface area contributed by atoms with Crippen LogP contribution in [0.5, 0.6) is 5.75 Å². The van der Waals surface area contributed by atoms with Crippen molar-refractivity contribution in [2.45, 2.75) is 25.2 Å². The zero-order valence-corrected chi connectivity index (χ0v) is 11.1. The molecule has 1 unspecified atom stereocenters. The van der Waals surface area contributed by atoms with Crippen LogP contribution in [0.4, 0.5) is 0 Å². The summed E-state index contributed by atoms with van der Waals surface area (Å²) in [5.74, 6) is 1.26. The average molecular weight is 255 g/mol. The molecule has 1 aromatic carbocycles. The van der Waals surface area contributed by atoms with E-state index in [0.717, 1.165) is 12.2 Å². The zero-order chi connectivity index (χ0) is 13.3. The van der Waals surface area contributed by atoms with Crippen molar-refractivity contribution in [1.82, 2.24) is 0 Å². The molecule has 0 aromatic heterocycles. The van der Waals surface area contributed by atoms with Gasteiger partial charge in [0.25, 0.3) is 0 Å². The molecular formula is C16H17NO2. The predicted molar refractivity (Wildman–Crippen MR) is 71.8 cm³/mol. The molecule has 0 aliphatic heterocycles. The molecule has 1 atom stereocenters. The van der Waals surface area contributed by atoms with E-state index in [9.17, 15) is 0 Å². The summed E-state index contributed by atoms with van der Waals surface area (Å²) in [5.41, 5.74) is 3.10. The molecule has 2 aliphatic carbocycles. The maximum atomic E-state index is 8.74. The summed E-state index contributed by atoms with van der Waals surface area (Å²) in [4.78, 5) is 0. The first-order valence-corrected chi connectivity index (χ1v) is 6.60. The molecular weight excluding hydrogens is 238 g/mol. The van der Waals surface area contributed by atoms with Crippen molar-refractivity contribution in [3.63, 3.8) is 0 Å². The van der Waals surface area contributed by atoms with E-state index in [1.807, 2.05) is 6.07 Å². The molecule has 0 saturated heterocycles. The van der Waals surface area contributed by atoms with E-state index in [1.54, 1.807) is 13.2 Å². The molecule has 0 radical (unpaired) electrons. The van der Waals surface area contributed by atoms with Crippen molar-refractivity contribution in [2.24, 2.45) is 5.41 Å². The Bertz CT molecular complexity index is 552. The van der Waals surface area contributed by atoms with Crippen LogP contribution < -0.4 is 4.74 Å². The van der Waals surface area contributed by atoms with Crippen molar-refractivity contribution in [3.05, 3.63) is 41.5 Å². The monoisotopic (exact) mass is 255 g/mol. The number of nitrogens with zero attached hydrogens (tertiary/aromatic N) is 1. The highest BCUT2D eigenvalue weighted by Crippen LogP contribution is 2.63. The van der Waals surface area contributed by atoms with Gasteiger partial charge in [0.1, 0.15) is 5.75 Å². The van der Waals surface area contributed by atoms with Crippen molar-refractivity contribution < 1.29 is 9.47 Å². The summed E-state index contributed by atoms with van der Waals surface area (Å²) in [5, 5.41) is 8.74. The van der Waals surface area contributed by atoms with Gasteiger partial charge < -0.3 is 9.47 Å². The highest BCUT2D eigenvalue weighted by Gasteiger charge is 2.53. The first-order valence-electron chi connectivity index (χ1n) is 6.60. The quantitative estimate of drug-likeness (QED) is 0.613. The largest absolute Gasteiger partial charge is 0.468 e. The third kappa shape index (κ3) is 2.13. The molecule has 1 fully saturated rings. The van der Waals surface area contributed by atoms with Crippen LogP contribution in [0.3, 0.4) is 0 Å². The molecule has 0 heterocycles. The van der Waals surface area contributed by atoms with E-state index < -0.39 is 0 Å². The van der Waals surface area contributed by atoms with Crippen LogP contribution in [0.25, 0.3) is 0 Å². The topological polar surface area (TPSA) is 42.2 Å². The van der Waals surface area contributed by atoms with E-state index in [1.165, 1.54) is 24.0 Å². The van der Waals surface area contributed by atoms with Crippen LogP contribution >= 0.6 is 0 Å². The highest BCUT2D eigenvalue weighted by atomic mass is 16.7. The van der Waals surface area contributed by atoms with Gasteiger partial charge in [0, 0.05) is 19.1 Å². The number of rotatable bonds is 4. The molecule has 3 nitrogen and oxygen atoms in total. The first-order chi connectivity index (χ1) is 9.29. The molecule has 3 heteroatoms. The maximum Gasteiger partial charge on any atom is 0.188 e. The lowest BCUT2D eigenvalue weighted by Gasteiger charge is -2.14. The molecule has 98 valence electrons. The van der Waals surface area contributed by atoms with Gasteiger partial charge in [-0.05, 0) is 47.9 Å². The summed E-state index contributed by atoms with van der Waals surface area (Å²) in [6.45, 7) is 0.279. The molecule has 3 rings (SSSR count). The summed E-state index contributed by atoms with van der Waals surface area (Å²) < 4.78 is 10.4. The van der Waals surface area contributed by atoms with Crippen molar-refractivity contribution >= 4 is 0 Å². The number of hydrogen-bond acceptors (Lipinski definition) is 3. The van der Waals surface area contributed by atoms with Crippen LogP contribution in [0.2, 0.25) is 0 Å². The normalized spacial score (nSPS) is 22.4. The molecule has 0 amide bonds. The lowest BCUT2D eigenvalue weighted by molar-refractivity contribution is 0.0511. The Balaban J connectivity index is 1.88. The van der Waals surface area contributed by atoms with Gasteiger partial charge in [-0.2, -0.15) is 5.26 Å². The Hall–Kier alpha value is -1.79. The van der Waals surface area contributed by atoms with Crippen LogP contribution in [0, 0.1) is 16.7 Å². The fraction of sp³-hybridized carbons (Fsp3) is 0.438. The first kappa shape index (κ1) is 12.3. The minimum atomic E-state index is 0.279. The number of allylic oxidation sites excluding steroid dienone is 2. The fourth-order valence-corrected chi connectivity index (χ4v) is 3.17. The average Bonchev–Trinajstić information content (AvgIpc) is 3.11. The Morgan fingerprint density at radius 2 is 2.32 bits per heavy atom. The maximum absolute atomic E-state index is 8.74. The van der Waals surface area contributed by atoms with Crippen molar-refractivity contribution in [1.29, 1.82) is 5.26 Å². The third-order valence-corrected chi connectivity index (χ3v) is 4.25. The van der Waals surface area contributed by atoms with Gasteiger partial charge in [-0.3, -0.25) is 0 Å². The van der Waals surface area contributed by atoms with Crippen LogP contribution in [0.15, 0.2) is 30.4 Å². The van der Waals surface area contributed by atoms with Gasteiger partial charge in [-0.15, -0.1) is 0 Å².